The van der Waals surface area contributed by atoms with E-state index in [1.807, 2.05) is 0 Å². The van der Waals surface area contributed by atoms with Crippen molar-refractivity contribution in [2.45, 2.75) is 12.8 Å². The Bertz CT molecular complexity index is 352. The van der Waals surface area contributed by atoms with E-state index in [0.29, 0.717) is 0 Å². The van der Waals surface area contributed by atoms with Crippen molar-refractivity contribution in [2.24, 2.45) is 0 Å². The topological polar surface area (TPSA) is 65.5 Å². The molecule has 0 saturated heterocycles. The number of carboxylic acid groups (broad SMARTS) is 1. The highest BCUT2D eigenvalue weighted by molar-refractivity contribution is 7.09. The van der Waals surface area contributed by atoms with Crippen LogP contribution < -0.4 is 5.32 Å². The third-order valence-corrected chi connectivity index (χ3v) is 3.15. The summed E-state index contributed by atoms with van der Waals surface area (Å²) in [4.78, 5) is 16.8. The molecule has 1 aromatic heterocycles. The van der Waals surface area contributed by atoms with Crippen LogP contribution in [0.3, 0.4) is 0 Å². The van der Waals surface area contributed by atoms with Crippen LogP contribution in [0.25, 0.3) is 0 Å². The lowest BCUT2D eigenvalue weighted by Gasteiger charge is -2.09. The zero-order valence-corrected chi connectivity index (χ0v) is 11.1. The van der Waals surface area contributed by atoms with Gasteiger partial charge in [-0.2, -0.15) is 0 Å². The Hall–Kier alpha value is -0.980. The lowest BCUT2D eigenvalue weighted by atomic mass is 10.3. The van der Waals surface area contributed by atoms with Crippen LogP contribution in [0.2, 0.25) is 0 Å². The number of aromatic nitrogens is 1. The van der Waals surface area contributed by atoms with Crippen molar-refractivity contribution in [3.05, 3.63) is 16.1 Å². The lowest BCUT2D eigenvalue weighted by molar-refractivity contribution is 0.0691. The molecule has 0 aliphatic heterocycles. The second kappa shape index (κ2) is 7.37. The molecular weight excluding hydrogens is 238 g/mol. The van der Waals surface area contributed by atoms with Gasteiger partial charge in [-0.15, -0.1) is 11.3 Å². The van der Waals surface area contributed by atoms with Crippen LogP contribution in [0.5, 0.6) is 0 Å². The second-order valence-electron chi connectivity index (χ2n) is 4.09. The van der Waals surface area contributed by atoms with E-state index in [0.717, 1.165) is 37.5 Å². The van der Waals surface area contributed by atoms with Crippen LogP contribution in [-0.2, 0) is 6.42 Å². The molecule has 0 spiro atoms. The Balaban J connectivity index is 2.11. The van der Waals surface area contributed by atoms with Crippen LogP contribution in [0.15, 0.2) is 5.38 Å². The molecule has 96 valence electrons. The van der Waals surface area contributed by atoms with Gasteiger partial charge in [0.1, 0.15) is 0 Å². The van der Waals surface area contributed by atoms with Gasteiger partial charge in [-0.1, -0.05) is 0 Å². The van der Waals surface area contributed by atoms with Crippen LogP contribution in [0.1, 0.15) is 21.9 Å². The van der Waals surface area contributed by atoms with Crippen LogP contribution >= 0.6 is 11.3 Å². The maximum Gasteiger partial charge on any atom is 0.355 e. The van der Waals surface area contributed by atoms with Gasteiger partial charge in [0.25, 0.3) is 0 Å². The second-order valence-corrected chi connectivity index (χ2v) is 5.03. The molecule has 0 amide bonds. The summed E-state index contributed by atoms with van der Waals surface area (Å²) < 4.78 is 0. The summed E-state index contributed by atoms with van der Waals surface area (Å²) in [5.74, 6) is -0.952. The molecule has 0 atom stereocenters. The molecule has 0 aliphatic rings. The standard InChI is InChI=1S/C11H19N3O2S/c1-14(2)7-3-5-12-6-4-10-13-9(8-17-10)11(15)16/h8,12H,3-7H2,1-2H3,(H,15,16). The van der Waals surface area contributed by atoms with E-state index < -0.39 is 5.97 Å². The first-order valence-electron chi connectivity index (χ1n) is 5.62. The minimum absolute atomic E-state index is 0.151. The Labute approximate surface area is 105 Å². The highest BCUT2D eigenvalue weighted by Gasteiger charge is 2.07. The monoisotopic (exact) mass is 257 g/mol. The molecule has 1 heterocycles. The van der Waals surface area contributed by atoms with Gasteiger partial charge >= 0.3 is 5.97 Å². The molecule has 0 unspecified atom stereocenters. The van der Waals surface area contributed by atoms with E-state index in [1.165, 1.54) is 11.3 Å². The summed E-state index contributed by atoms with van der Waals surface area (Å²) in [5.41, 5.74) is 0.151. The molecule has 2 N–H and O–H groups in total. The molecule has 0 aromatic carbocycles. The minimum Gasteiger partial charge on any atom is -0.476 e. The molecule has 5 nitrogen and oxygen atoms in total. The number of nitrogens with one attached hydrogen (secondary N) is 1. The smallest absolute Gasteiger partial charge is 0.355 e. The average molecular weight is 257 g/mol. The first kappa shape index (κ1) is 14.1. The van der Waals surface area contributed by atoms with E-state index in [-0.39, 0.29) is 5.69 Å². The third-order valence-electron chi connectivity index (χ3n) is 2.25. The lowest BCUT2D eigenvalue weighted by Crippen LogP contribution is -2.23. The van der Waals surface area contributed by atoms with E-state index in [2.05, 4.69) is 29.3 Å². The highest BCUT2D eigenvalue weighted by Crippen LogP contribution is 2.09. The van der Waals surface area contributed by atoms with Crippen molar-refractivity contribution >= 4 is 17.3 Å². The summed E-state index contributed by atoms with van der Waals surface area (Å²) in [7, 11) is 4.12. The van der Waals surface area contributed by atoms with Crippen molar-refractivity contribution in [2.75, 3.05) is 33.7 Å². The number of hydrogen-bond donors (Lipinski definition) is 2. The van der Waals surface area contributed by atoms with Crippen LogP contribution in [0, 0.1) is 0 Å². The number of hydrogen-bond acceptors (Lipinski definition) is 5. The van der Waals surface area contributed by atoms with E-state index >= 15 is 0 Å². The van der Waals surface area contributed by atoms with Gasteiger partial charge in [0, 0.05) is 18.3 Å². The van der Waals surface area contributed by atoms with Crippen LogP contribution in [0.4, 0.5) is 0 Å². The predicted molar refractivity (Wildman–Crippen MR) is 68.8 cm³/mol. The minimum atomic E-state index is -0.952. The van der Waals surface area contributed by atoms with Crippen molar-refractivity contribution in [1.82, 2.24) is 15.2 Å². The number of thiazole rings is 1. The van der Waals surface area contributed by atoms with E-state index in [1.54, 1.807) is 5.38 Å². The fraction of sp³-hybridized carbons (Fsp3) is 0.636. The normalized spacial score (nSPS) is 11.0. The van der Waals surface area contributed by atoms with Gasteiger partial charge in [-0.05, 0) is 33.6 Å². The van der Waals surface area contributed by atoms with Crippen molar-refractivity contribution < 1.29 is 9.90 Å². The van der Waals surface area contributed by atoms with Crippen LogP contribution in [-0.4, -0.2) is 54.7 Å². The number of rotatable bonds is 8. The van der Waals surface area contributed by atoms with Gasteiger partial charge in [0.15, 0.2) is 5.69 Å². The molecule has 0 fully saturated rings. The first-order valence-corrected chi connectivity index (χ1v) is 6.50. The van der Waals surface area contributed by atoms with Crippen molar-refractivity contribution in [3.63, 3.8) is 0 Å². The van der Waals surface area contributed by atoms with Crippen molar-refractivity contribution in [3.8, 4) is 0 Å². The Kier molecular flexibility index (Phi) is 6.10. The molecule has 0 saturated carbocycles. The SMILES string of the molecule is CN(C)CCCNCCc1nc(C(=O)O)cs1. The molecular formula is C11H19N3O2S. The zero-order chi connectivity index (χ0) is 12.7. The Morgan fingerprint density at radius 2 is 2.29 bits per heavy atom. The van der Waals surface area contributed by atoms with Gasteiger partial charge < -0.3 is 15.3 Å². The number of carboxylic acids is 1. The fourth-order valence-corrected chi connectivity index (χ4v) is 2.14. The van der Waals surface area contributed by atoms with Gasteiger partial charge in [-0.25, -0.2) is 9.78 Å². The number of carbonyl (C=O) groups is 1. The predicted octanol–water partition coefficient (Wildman–Crippen LogP) is 0.925. The Morgan fingerprint density at radius 3 is 2.88 bits per heavy atom. The zero-order valence-electron chi connectivity index (χ0n) is 10.3. The first-order chi connectivity index (χ1) is 8.09. The summed E-state index contributed by atoms with van der Waals surface area (Å²) >= 11 is 1.41. The van der Waals surface area contributed by atoms with Gasteiger partial charge in [0.05, 0.1) is 5.01 Å². The van der Waals surface area contributed by atoms with Gasteiger partial charge in [-0.3, -0.25) is 0 Å². The molecule has 1 aromatic rings. The molecule has 1 rings (SSSR count). The molecule has 6 heteroatoms. The fourth-order valence-electron chi connectivity index (χ4n) is 1.36. The molecule has 17 heavy (non-hydrogen) atoms. The average Bonchev–Trinajstić information content (AvgIpc) is 2.71. The van der Waals surface area contributed by atoms with Gasteiger partial charge in [0.2, 0.25) is 0 Å². The van der Waals surface area contributed by atoms with Crippen molar-refractivity contribution in [1.29, 1.82) is 0 Å². The Morgan fingerprint density at radius 1 is 1.53 bits per heavy atom. The maximum atomic E-state index is 10.6. The highest BCUT2D eigenvalue weighted by atomic mass is 32.1. The summed E-state index contributed by atoms with van der Waals surface area (Å²) in [6, 6.07) is 0. The summed E-state index contributed by atoms with van der Waals surface area (Å²) in [6.07, 6.45) is 1.91. The molecule has 0 aliphatic carbocycles. The van der Waals surface area contributed by atoms with E-state index in [4.69, 9.17) is 5.11 Å². The third kappa shape index (κ3) is 5.76. The largest absolute Gasteiger partial charge is 0.476 e. The summed E-state index contributed by atoms with van der Waals surface area (Å²) in [5, 5.41) is 14.5. The van der Waals surface area contributed by atoms with E-state index in [9.17, 15) is 4.79 Å². The maximum absolute atomic E-state index is 10.6. The summed E-state index contributed by atoms with van der Waals surface area (Å²) in [6.45, 7) is 2.91. The quantitative estimate of drug-likeness (QED) is 0.678. The number of nitrogens with zero attached hydrogens (tertiary/aromatic N) is 2. The molecule has 0 bridgehead atoms. The molecule has 0 radical (unpaired) electrons. The number of aromatic carboxylic acids is 1.